The Morgan fingerprint density at radius 1 is 1.21 bits per heavy atom. The lowest BCUT2D eigenvalue weighted by atomic mass is 10.1. The molecule has 1 heteroatoms. The molecule has 0 amide bonds. The van der Waals surface area contributed by atoms with Crippen molar-refractivity contribution in [1.82, 2.24) is 0 Å². The van der Waals surface area contributed by atoms with Crippen molar-refractivity contribution in [1.29, 1.82) is 0 Å². The van der Waals surface area contributed by atoms with Crippen LogP contribution in [0.25, 0.3) is 5.57 Å². The van der Waals surface area contributed by atoms with E-state index < -0.39 is 0 Å². The second-order valence-electron chi connectivity index (χ2n) is 2.87. The van der Waals surface area contributed by atoms with E-state index >= 15 is 0 Å². The summed E-state index contributed by atoms with van der Waals surface area (Å²) >= 11 is 0. The Balaban J connectivity index is 3.00. The predicted octanol–water partition coefficient (Wildman–Crippen LogP) is 3.12. The average Bonchev–Trinajstić information content (AvgIpc) is 2.25. The van der Waals surface area contributed by atoms with Gasteiger partial charge in [0.2, 0.25) is 0 Å². The summed E-state index contributed by atoms with van der Waals surface area (Å²) in [5.41, 5.74) is 7.68. The van der Waals surface area contributed by atoms with Gasteiger partial charge in [0.25, 0.3) is 0 Å². The molecule has 0 spiro atoms. The second kappa shape index (κ2) is 5.81. The van der Waals surface area contributed by atoms with Gasteiger partial charge in [-0.2, -0.15) is 0 Å². The van der Waals surface area contributed by atoms with E-state index in [1.807, 2.05) is 49.4 Å². The molecule has 1 aromatic carbocycles. The van der Waals surface area contributed by atoms with Gasteiger partial charge >= 0.3 is 0 Å². The summed E-state index contributed by atoms with van der Waals surface area (Å²) < 4.78 is 0. The van der Waals surface area contributed by atoms with Crippen LogP contribution in [0.4, 0.5) is 0 Å². The number of hydrogen-bond donors (Lipinski definition) is 1. The fourth-order valence-electron chi connectivity index (χ4n) is 1.18. The molecule has 0 aliphatic carbocycles. The van der Waals surface area contributed by atoms with Crippen LogP contribution in [0.1, 0.15) is 12.5 Å². The van der Waals surface area contributed by atoms with Crippen LogP contribution in [0.2, 0.25) is 0 Å². The fraction of sp³-hybridized carbons (Fsp3) is 0.0769. The van der Waals surface area contributed by atoms with E-state index in [0.29, 0.717) is 0 Å². The summed E-state index contributed by atoms with van der Waals surface area (Å²) in [6, 6.07) is 10.2. The van der Waals surface area contributed by atoms with Crippen LogP contribution >= 0.6 is 0 Å². The zero-order valence-corrected chi connectivity index (χ0v) is 8.35. The summed E-state index contributed by atoms with van der Waals surface area (Å²) in [7, 11) is 0. The standard InChI is InChI=1S/C13H15N/c1-2-3-7-13(10-11-14)12-8-5-4-6-9-12/h2-11H,14H2,1H3/b3-2+,11-10-,13-7+. The zero-order valence-electron chi connectivity index (χ0n) is 8.35. The van der Waals surface area contributed by atoms with Crippen LogP contribution < -0.4 is 5.73 Å². The fourth-order valence-corrected chi connectivity index (χ4v) is 1.18. The van der Waals surface area contributed by atoms with E-state index in [1.54, 1.807) is 6.20 Å². The van der Waals surface area contributed by atoms with Crippen LogP contribution in [0.15, 0.2) is 60.8 Å². The highest BCUT2D eigenvalue weighted by Gasteiger charge is 1.93. The number of benzene rings is 1. The molecule has 1 aromatic rings. The molecule has 0 aliphatic rings. The molecule has 0 aromatic heterocycles. The Morgan fingerprint density at radius 3 is 2.50 bits per heavy atom. The summed E-state index contributed by atoms with van der Waals surface area (Å²) in [5.74, 6) is 0. The van der Waals surface area contributed by atoms with Gasteiger partial charge in [0.05, 0.1) is 0 Å². The Morgan fingerprint density at radius 2 is 1.93 bits per heavy atom. The smallest absolute Gasteiger partial charge is 0.00561 e. The van der Waals surface area contributed by atoms with Crippen molar-refractivity contribution in [3.8, 4) is 0 Å². The van der Waals surface area contributed by atoms with Gasteiger partial charge in [0.1, 0.15) is 0 Å². The lowest BCUT2D eigenvalue weighted by Gasteiger charge is -2.00. The molecule has 0 atom stereocenters. The van der Waals surface area contributed by atoms with Crippen molar-refractivity contribution in [2.24, 2.45) is 5.73 Å². The van der Waals surface area contributed by atoms with Gasteiger partial charge in [-0.25, -0.2) is 0 Å². The summed E-state index contributed by atoms with van der Waals surface area (Å²) in [5, 5.41) is 0. The van der Waals surface area contributed by atoms with Crippen LogP contribution in [0, 0.1) is 0 Å². The van der Waals surface area contributed by atoms with Gasteiger partial charge in [0, 0.05) is 0 Å². The van der Waals surface area contributed by atoms with Crippen molar-refractivity contribution in [2.75, 3.05) is 0 Å². The van der Waals surface area contributed by atoms with Crippen molar-refractivity contribution in [3.63, 3.8) is 0 Å². The molecular weight excluding hydrogens is 170 g/mol. The quantitative estimate of drug-likeness (QED) is 0.719. The van der Waals surface area contributed by atoms with E-state index in [2.05, 4.69) is 12.1 Å². The molecule has 0 bridgehead atoms. The SMILES string of the molecule is C/C=C/C=C(\C=C/N)c1ccccc1. The average molecular weight is 185 g/mol. The Hall–Kier alpha value is -1.76. The van der Waals surface area contributed by atoms with Gasteiger partial charge in [0.15, 0.2) is 0 Å². The minimum absolute atomic E-state index is 1.12. The topological polar surface area (TPSA) is 26.0 Å². The lowest BCUT2D eigenvalue weighted by molar-refractivity contribution is 1.57. The highest BCUT2D eigenvalue weighted by Crippen LogP contribution is 2.14. The second-order valence-corrected chi connectivity index (χ2v) is 2.87. The van der Waals surface area contributed by atoms with E-state index in [9.17, 15) is 0 Å². The molecule has 0 fully saturated rings. The van der Waals surface area contributed by atoms with E-state index in [0.717, 1.165) is 5.57 Å². The maximum absolute atomic E-state index is 5.39. The molecule has 1 rings (SSSR count). The molecule has 1 nitrogen and oxygen atoms in total. The molecule has 14 heavy (non-hydrogen) atoms. The molecular formula is C13H15N. The Labute approximate surface area is 85.3 Å². The van der Waals surface area contributed by atoms with Crippen molar-refractivity contribution < 1.29 is 0 Å². The summed E-state index contributed by atoms with van der Waals surface area (Å²) in [4.78, 5) is 0. The largest absolute Gasteiger partial charge is 0.405 e. The minimum Gasteiger partial charge on any atom is -0.405 e. The first kappa shape index (κ1) is 10.3. The molecule has 72 valence electrons. The van der Waals surface area contributed by atoms with Gasteiger partial charge in [-0.1, -0.05) is 48.6 Å². The van der Waals surface area contributed by atoms with Crippen LogP contribution in [0.3, 0.4) is 0 Å². The predicted molar refractivity (Wildman–Crippen MR) is 62.6 cm³/mol. The highest BCUT2D eigenvalue weighted by molar-refractivity contribution is 5.74. The van der Waals surface area contributed by atoms with Crippen LogP contribution in [0.5, 0.6) is 0 Å². The number of hydrogen-bond acceptors (Lipinski definition) is 1. The first-order valence-corrected chi connectivity index (χ1v) is 4.65. The normalized spacial score (nSPS) is 12.8. The van der Waals surface area contributed by atoms with E-state index in [-0.39, 0.29) is 0 Å². The van der Waals surface area contributed by atoms with Gasteiger partial charge in [-0.05, 0) is 30.3 Å². The third kappa shape index (κ3) is 2.94. The number of nitrogens with two attached hydrogens (primary N) is 1. The molecule has 0 saturated carbocycles. The van der Waals surface area contributed by atoms with Crippen LogP contribution in [-0.2, 0) is 0 Å². The number of allylic oxidation sites excluding steroid dienone is 5. The van der Waals surface area contributed by atoms with Crippen molar-refractivity contribution >= 4 is 5.57 Å². The third-order valence-corrected chi connectivity index (χ3v) is 1.85. The summed E-state index contributed by atoms with van der Waals surface area (Å²) in [6.07, 6.45) is 9.49. The van der Waals surface area contributed by atoms with Crippen molar-refractivity contribution in [2.45, 2.75) is 6.92 Å². The minimum atomic E-state index is 1.12. The summed E-state index contributed by atoms with van der Waals surface area (Å²) in [6.45, 7) is 1.99. The van der Waals surface area contributed by atoms with Crippen molar-refractivity contribution in [3.05, 3.63) is 66.4 Å². The van der Waals surface area contributed by atoms with Crippen LogP contribution in [-0.4, -0.2) is 0 Å². The molecule has 0 heterocycles. The molecule has 0 radical (unpaired) electrons. The maximum Gasteiger partial charge on any atom is -0.00561 e. The van der Waals surface area contributed by atoms with Gasteiger partial charge in [-0.15, -0.1) is 0 Å². The third-order valence-electron chi connectivity index (χ3n) is 1.85. The zero-order chi connectivity index (χ0) is 10.2. The monoisotopic (exact) mass is 185 g/mol. The first-order chi connectivity index (χ1) is 6.88. The van der Waals surface area contributed by atoms with Gasteiger partial charge in [-0.3, -0.25) is 0 Å². The first-order valence-electron chi connectivity index (χ1n) is 4.65. The molecule has 0 unspecified atom stereocenters. The Bertz CT molecular complexity index is 345. The van der Waals surface area contributed by atoms with Gasteiger partial charge < -0.3 is 5.73 Å². The number of rotatable bonds is 3. The molecule has 0 saturated heterocycles. The highest BCUT2D eigenvalue weighted by atomic mass is 14.5. The Kier molecular flexibility index (Phi) is 4.29. The van der Waals surface area contributed by atoms with E-state index in [4.69, 9.17) is 5.73 Å². The lowest BCUT2D eigenvalue weighted by Crippen LogP contribution is -1.82. The molecule has 0 aliphatic heterocycles. The molecule has 2 N–H and O–H groups in total. The van der Waals surface area contributed by atoms with E-state index in [1.165, 1.54) is 5.56 Å². The maximum atomic E-state index is 5.39.